The van der Waals surface area contributed by atoms with Gasteiger partial charge in [-0.25, -0.2) is 13.1 Å². The van der Waals surface area contributed by atoms with Gasteiger partial charge in [0.2, 0.25) is 10.0 Å². The average molecular weight is 349 g/mol. The highest BCUT2D eigenvalue weighted by molar-refractivity contribution is 7.89. The van der Waals surface area contributed by atoms with Crippen molar-refractivity contribution in [1.29, 1.82) is 0 Å². The highest BCUT2D eigenvalue weighted by Gasteiger charge is 2.18. The van der Waals surface area contributed by atoms with Crippen molar-refractivity contribution in [2.75, 3.05) is 39.4 Å². The molecular formula is C17H23N3O3S. The first-order chi connectivity index (χ1) is 11.6. The molecule has 1 aromatic heterocycles. The Hall–Kier alpha value is -1.54. The molecule has 1 aliphatic heterocycles. The number of aryl methyl sites for hydroxylation is 1. The number of morpholine rings is 1. The molecule has 1 fully saturated rings. The maximum absolute atomic E-state index is 12.6. The van der Waals surface area contributed by atoms with Crippen LogP contribution in [0.4, 0.5) is 0 Å². The number of aromatic nitrogens is 1. The van der Waals surface area contributed by atoms with Crippen LogP contribution in [0.3, 0.4) is 0 Å². The van der Waals surface area contributed by atoms with E-state index in [0.29, 0.717) is 16.8 Å². The summed E-state index contributed by atoms with van der Waals surface area (Å²) < 4.78 is 33.3. The second kappa shape index (κ2) is 7.57. The summed E-state index contributed by atoms with van der Waals surface area (Å²) in [6.07, 6.45) is 2.46. The summed E-state index contributed by atoms with van der Waals surface area (Å²) in [5.74, 6) is 0. The summed E-state index contributed by atoms with van der Waals surface area (Å²) in [5, 5.41) is 0.665. The number of fused-ring (bicyclic) bond motifs is 1. The van der Waals surface area contributed by atoms with Crippen LogP contribution in [-0.2, 0) is 14.8 Å². The lowest BCUT2D eigenvalue weighted by atomic mass is 10.1. The third-order valence-electron chi connectivity index (χ3n) is 4.27. The van der Waals surface area contributed by atoms with E-state index < -0.39 is 10.0 Å². The summed E-state index contributed by atoms with van der Waals surface area (Å²) in [4.78, 5) is 6.89. The van der Waals surface area contributed by atoms with Crippen molar-refractivity contribution in [1.82, 2.24) is 14.6 Å². The zero-order valence-corrected chi connectivity index (χ0v) is 14.7. The molecule has 7 heteroatoms. The Labute approximate surface area is 142 Å². The molecule has 6 nitrogen and oxygen atoms in total. The van der Waals surface area contributed by atoms with E-state index in [1.807, 2.05) is 6.92 Å². The van der Waals surface area contributed by atoms with E-state index in [0.717, 1.165) is 50.3 Å². The second-order valence-electron chi connectivity index (χ2n) is 5.99. The van der Waals surface area contributed by atoms with E-state index in [4.69, 9.17) is 4.74 Å². The Morgan fingerprint density at radius 1 is 1.25 bits per heavy atom. The van der Waals surface area contributed by atoms with E-state index in [9.17, 15) is 8.42 Å². The molecule has 0 bridgehead atoms. The van der Waals surface area contributed by atoms with Gasteiger partial charge >= 0.3 is 0 Å². The minimum absolute atomic E-state index is 0.294. The molecule has 1 N–H and O–H groups in total. The molecule has 0 unspecified atom stereocenters. The van der Waals surface area contributed by atoms with Crippen LogP contribution in [0.2, 0.25) is 0 Å². The number of nitrogens with zero attached hydrogens (tertiary/aromatic N) is 2. The van der Waals surface area contributed by atoms with Gasteiger partial charge in [0.05, 0.1) is 23.6 Å². The Balaban J connectivity index is 1.66. The number of hydrogen-bond donors (Lipinski definition) is 1. The Kier molecular flexibility index (Phi) is 5.45. The lowest BCUT2D eigenvalue weighted by Gasteiger charge is -2.26. The molecule has 3 rings (SSSR count). The number of benzene rings is 1. The molecule has 0 aliphatic carbocycles. The van der Waals surface area contributed by atoms with Gasteiger partial charge in [0.25, 0.3) is 0 Å². The predicted octanol–water partition coefficient (Wildman–Crippen LogP) is 1.54. The summed E-state index contributed by atoms with van der Waals surface area (Å²) in [6, 6.07) is 7.03. The van der Waals surface area contributed by atoms with Crippen molar-refractivity contribution in [3.8, 4) is 0 Å². The van der Waals surface area contributed by atoms with Gasteiger partial charge < -0.3 is 4.74 Å². The number of ether oxygens (including phenoxy) is 1. The fourth-order valence-electron chi connectivity index (χ4n) is 2.93. The van der Waals surface area contributed by atoms with Crippen LogP contribution in [0.1, 0.15) is 12.0 Å². The molecule has 1 aliphatic rings. The molecule has 2 aromatic rings. The number of nitrogens with one attached hydrogen (secondary N) is 1. The van der Waals surface area contributed by atoms with Crippen LogP contribution >= 0.6 is 0 Å². The number of pyridine rings is 1. The number of sulfonamides is 1. The Morgan fingerprint density at radius 3 is 2.83 bits per heavy atom. The average Bonchev–Trinajstić information content (AvgIpc) is 2.60. The van der Waals surface area contributed by atoms with E-state index in [-0.39, 0.29) is 0 Å². The van der Waals surface area contributed by atoms with Gasteiger partial charge in [-0.2, -0.15) is 0 Å². The highest BCUT2D eigenvalue weighted by Crippen LogP contribution is 2.23. The van der Waals surface area contributed by atoms with Gasteiger partial charge in [0, 0.05) is 31.2 Å². The van der Waals surface area contributed by atoms with Gasteiger partial charge in [-0.05, 0) is 43.7 Å². The molecule has 0 saturated carbocycles. The van der Waals surface area contributed by atoms with Crippen molar-refractivity contribution in [2.45, 2.75) is 18.2 Å². The van der Waals surface area contributed by atoms with Crippen molar-refractivity contribution in [3.05, 3.63) is 36.0 Å². The van der Waals surface area contributed by atoms with Crippen LogP contribution in [0.25, 0.3) is 10.9 Å². The molecule has 1 saturated heterocycles. The van der Waals surface area contributed by atoms with Crippen LogP contribution < -0.4 is 4.72 Å². The standard InChI is InChI=1S/C17H23N3O3S/c1-14-5-6-16(15-4-2-7-18-17(14)15)24(21,22)19-8-3-9-20-10-12-23-13-11-20/h2,4-7,19H,3,8-13H2,1H3. The van der Waals surface area contributed by atoms with Crippen LogP contribution in [0, 0.1) is 6.92 Å². The highest BCUT2D eigenvalue weighted by atomic mass is 32.2. The zero-order valence-electron chi connectivity index (χ0n) is 13.9. The van der Waals surface area contributed by atoms with Crippen molar-refractivity contribution in [3.63, 3.8) is 0 Å². The molecule has 1 aromatic carbocycles. The minimum Gasteiger partial charge on any atom is -0.379 e. The first-order valence-electron chi connectivity index (χ1n) is 8.22. The summed E-state index contributed by atoms with van der Waals surface area (Å²) in [5.41, 5.74) is 1.70. The fraction of sp³-hybridized carbons (Fsp3) is 0.471. The van der Waals surface area contributed by atoms with E-state index in [1.54, 1.807) is 30.5 Å². The summed E-state index contributed by atoms with van der Waals surface area (Å²) >= 11 is 0. The van der Waals surface area contributed by atoms with E-state index >= 15 is 0 Å². The minimum atomic E-state index is -3.54. The summed E-state index contributed by atoms with van der Waals surface area (Å²) in [7, 11) is -3.54. The van der Waals surface area contributed by atoms with Crippen LogP contribution in [0.5, 0.6) is 0 Å². The van der Waals surface area contributed by atoms with Gasteiger partial charge in [-0.1, -0.05) is 6.07 Å². The first-order valence-corrected chi connectivity index (χ1v) is 9.70. The van der Waals surface area contributed by atoms with E-state index in [1.165, 1.54) is 0 Å². The molecule has 24 heavy (non-hydrogen) atoms. The number of rotatable bonds is 6. The molecule has 130 valence electrons. The van der Waals surface area contributed by atoms with Crippen molar-refractivity contribution < 1.29 is 13.2 Å². The molecule has 0 radical (unpaired) electrons. The maximum atomic E-state index is 12.6. The predicted molar refractivity (Wildman–Crippen MR) is 93.5 cm³/mol. The third-order valence-corrected chi connectivity index (χ3v) is 5.79. The topological polar surface area (TPSA) is 71.5 Å². The van der Waals surface area contributed by atoms with Crippen molar-refractivity contribution in [2.24, 2.45) is 0 Å². The SMILES string of the molecule is Cc1ccc(S(=O)(=O)NCCCN2CCOCC2)c2cccnc12. The van der Waals surface area contributed by atoms with Crippen LogP contribution in [0.15, 0.2) is 35.4 Å². The van der Waals surface area contributed by atoms with Gasteiger partial charge in [-0.15, -0.1) is 0 Å². The summed E-state index contributed by atoms with van der Waals surface area (Å²) in [6.45, 7) is 6.59. The van der Waals surface area contributed by atoms with E-state index in [2.05, 4.69) is 14.6 Å². The Bertz CT molecular complexity index is 802. The van der Waals surface area contributed by atoms with Crippen LogP contribution in [-0.4, -0.2) is 57.7 Å². The Morgan fingerprint density at radius 2 is 2.04 bits per heavy atom. The van der Waals surface area contributed by atoms with Gasteiger partial charge in [-0.3, -0.25) is 9.88 Å². The number of hydrogen-bond acceptors (Lipinski definition) is 5. The lowest BCUT2D eigenvalue weighted by Crippen LogP contribution is -2.38. The smallest absolute Gasteiger partial charge is 0.241 e. The normalized spacial score (nSPS) is 16.5. The first kappa shape index (κ1) is 17.3. The largest absolute Gasteiger partial charge is 0.379 e. The molecule has 0 amide bonds. The molecular weight excluding hydrogens is 326 g/mol. The lowest BCUT2D eigenvalue weighted by molar-refractivity contribution is 0.0376. The monoisotopic (exact) mass is 349 g/mol. The molecule has 0 spiro atoms. The second-order valence-corrected chi connectivity index (χ2v) is 7.72. The third kappa shape index (κ3) is 3.92. The molecule has 0 atom stereocenters. The maximum Gasteiger partial charge on any atom is 0.241 e. The molecule has 2 heterocycles. The van der Waals surface area contributed by atoms with Crippen molar-refractivity contribution >= 4 is 20.9 Å². The van der Waals surface area contributed by atoms with Gasteiger partial charge in [0.1, 0.15) is 0 Å². The van der Waals surface area contributed by atoms with Gasteiger partial charge in [0.15, 0.2) is 0 Å². The fourth-order valence-corrected chi connectivity index (χ4v) is 4.20. The zero-order chi connectivity index (χ0) is 17.0. The quantitative estimate of drug-likeness (QED) is 0.801.